The second kappa shape index (κ2) is 7.56. The normalized spacial score (nSPS) is 20.0. The van der Waals surface area contributed by atoms with Crippen LogP contribution >= 0.6 is 0 Å². The zero-order valence-corrected chi connectivity index (χ0v) is 14.2. The number of ether oxygens (including phenoxy) is 1. The van der Waals surface area contributed by atoms with Crippen LogP contribution in [0, 0.1) is 5.41 Å². The van der Waals surface area contributed by atoms with Gasteiger partial charge >= 0.3 is 5.97 Å². The maximum atomic E-state index is 12.4. The van der Waals surface area contributed by atoms with E-state index in [1.54, 1.807) is 0 Å². The van der Waals surface area contributed by atoms with Crippen LogP contribution in [0.2, 0.25) is 0 Å². The number of aliphatic hydroxyl groups excluding tert-OH is 1. The van der Waals surface area contributed by atoms with E-state index in [0.717, 1.165) is 6.42 Å². The second-order valence-corrected chi connectivity index (χ2v) is 6.67. The number of carbonyl (C=O) groups excluding carboxylic acids is 2. The van der Waals surface area contributed by atoms with Gasteiger partial charge in [-0.05, 0) is 18.8 Å². The van der Waals surface area contributed by atoms with E-state index in [0.29, 0.717) is 30.5 Å². The largest absolute Gasteiger partial charge is 0.511 e. The average molecular weight is 309 g/mol. The number of rotatable bonds is 6. The lowest BCUT2D eigenvalue weighted by molar-refractivity contribution is -0.140. The third-order valence-electron chi connectivity index (χ3n) is 3.90. The number of ketones is 1. The van der Waals surface area contributed by atoms with Crippen molar-refractivity contribution in [1.29, 1.82) is 0 Å². The molecule has 0 radical (unpaired) electrons. The lowest BCUT2D eigenvalue weighted by Gasteiger charge is -2.30. The molecule has 0 spiro atoms. The molecule has 0 fully saturated rings. The number of allylic oxidation sites excluding steroid dienone is 2. The van der Waals surface area contributed by atoms with Gasteiger partial charge in [0.1, 0.15) is 5.76 Å². The van der Waals surface area contributed by atoms with E-state index >= 15 is 0 Å². The SMILES string of the molecule is CCC(C)N=C(CCC(=O)OC)C1=C(O)CC(C)(C)CC1=O. The summed E-state index contributed by atoms with van der Waals surface area (Å²) in [4.78, 5) is 28.4. The van der Waals surface area contributed by atoms with E-state index in [4.69, 9.17) is 0 Å². The number of aliphatic imine (C=N–C) groups is 1. The summed E-state index contributed by atoms with van der Waals surface area (Å²) in [6.07, 6.45) is 2.12. The first-order valence-corrected chi connectivity index (χ1v) is 7.79. The van der Waals surface area contributed by atoms with Crippen molar-refractivity contribution in [3.63, 3.8) is 0 Å². The standard InChI is InChI=1S/C17H27NO4/c1-6-11(2)18-12(7-8-15(21)22-5)16-13(19)9-17(3,4)10-14(16)20/h11,19H,6-10H2,1-5H3. The Balaban J connectivity index is 3.12. The van der Waals surface area contributed by atoms with E-state index < -0.39 is 0 Å². The molecule has 5 nitrogen and oxygen atoms in total. The number of aliphatic hydroxyl groups is 1. The third kappa shape index (κ3) is 4.97. The van der Waals surface area contributed by atoms with Crippen molar-refractivity contribution in [1.82, 2.24) is 0 Å². The highest BCUT2D eigenvalue weighted by atomic mass is 16.5. The minimum absolute atomic E-state index is 0.0377. The van der Waals surface area contributed by atoms with Crippen LogP contribution in [0.25, 0.3) is 0 Å². The number of Topliss-reactive ketones (excluding diaryl/α,β-unsaturated/α-hetero) is 1. The van der Waals surface area contributed by atoms with Crippen LogP contribution in [0.1, 0.15) is 59.8 Å². The summed E-state index contributed by atoms with van der Waals surface area (Å²) < 4.78 is 4.65. The predicted molar refractivity (Wildman–Crippen MR) is 86.1 cm³/mol. The molecule has 124 valence electrons. The van der Waals surface area contributed by atoms with Crippen molar-refractivity contribution in [3.8, 4) is 0 Å². The Morgan fingerprint density at radius 3 is 2.50 bits per heavy atom. The van der Waals surface area contributed by atoms with Crippen LogP contribution < -0.4 is 0 Å². The van der Waals surface area contributed by atoms with E-state index in [1.807, 2.05) is 27.7 Å². The molecule has 5 heteroatoms. The molecule has 0 saturated carbocycles. The monoisotopic (exact) mass is 309 g/mol. The first-order chi connectivity index (χ1) is 10.2. The molecule has 0 aromatic heterocycles. The molecule has 0 saturated heterocycles. The van der Waals surface area contributed by atoms with Gasteiger partial charge in [0, 0.05) is 31.0 Å². The van der Waals surface area contributed by atoms with Gasteiger partial charge in [-0.3, -0.25) is 14.6 Å². The predicted octanol–water partition coefficient (Wildman–Crippen LogP) is 3.38. The fourth-order valence-corrected chi connectivity index (χ4v) is 2.55. The van der Waals surface area contributed by atoms with Crippen molar-refractivity contribution < 1.29 is 19.4 Å². The van der Waals surface area contributed by atoms with Crippen LogP contribution in [0.3, 0.4) is 0 Å². The van der Waals surface area contributed by atoms with Crippen molar-refractivity contribution in [2.75, 3.05) is 7.11 Å². The first kappa shape index (κ1) is 18.4. The van der Waals surface area contributed by atoms with Crippen LogP contribution in [0.5, 0.6) is 0 Å². The molecule has 0 aliphatic heterocycles. The van der Waals surface area contributed by atoms with Gasteiger partial charge in [-0.1, -0.05) is 20.8 Å². The summed E-state index contributed by atoms with van der Waals surface area (Å²) in [5.41, 5.74) is 0.593. The minimum Gasteiger partial charge on any atom is -0.511 e. The van der Waals surface area contributed by atoms with Crippen molar-refractivity contribution in [2.24, 2.45) is 10.4 Å². The first-order valence-electron chi connectivity index (χ1n) is 7.79. The Kier molecular flexibility index (Phi) is 6.33. The zero-order chi connectivity index (χ0) is 16.9. The summed E-state index contributed by atoms with van der Waals surface area (Å²) >= 11 is 0. The lowest BCUT2D eigenvalue weighted by atomic mass is 9.75. The average Bonchev–Trinajstić information content (AvgIpc) is 2.41. The third-order valence-corrected chi connectivity index (χ3v) is 3.90. The van der Waals surface area contributed by atoms with Gasteiger partial charge in [-0.2, -0.15) is 0 Å². The Hall–Kier alpha value is -1.65. The molecule has 1 aliphatic carbocycles. The van der Waals surface area contributed by atoms with E-state index in [-0.39, 0.29) is 35.4 Å². The van der Waals surface area contributed by atoms with Gasteiger partial charge in [0.15, 0.2) is 5.78 Å². The molecule has 0 heterocycles. The molecule has 1 N–H and O–H groups in total. The molecule has 0 bridgehead atoms. The fraction of sp³-hybridized carbons (Fsp3) is 0.706. The summed E-state index contributed by atoms with van der Waals surface area (Å²) in [7, 11) is 1.33. The number of carbonyl (C=O) groups is 2. The summed E-state index contributed by atoms with van der Waals surface area (Å²) in [5, 5.41) is 10.3. The molecule has 0 amide bonds. The molecule has 1 unspecified atom stereocenters. The van der Waals surface area contributed by atoms with Gasteiger partial charge in [0.05, 0.1) is 19.1 Å². The summed E-state index contributed by atoms with van der Waals surface area (Å²) in [5.74, 6) is -0.352. The Labute approximate surface area is 132 Å². The molecule has 0 aromatic rings. The van der Waals surface area contributed by atoms with Gasteiger partial charge < -0.3 is 9.84 Å². The van der Waals surface area contributed by atoms with Gasteiger partial charge in [-0.15, -0.1) is 0 Å². The molecule has 1 rings (SSSR count). The van der Waals surface area contributed by atoms with E-state index in [9.17, 15) is 14.7 Å². The van der Waals surface area contributed by atoms with E-state index in [1.165, 1.54) is 7.11 Å². The molecular weight excluding hydrogens is 282 g/mol. The Morgan fingerprint density at radius 2 is 2.00 bits per heavy atom. The quantitative estimate of drug-likeness (QED) is 0.603. The Morgan fingerprint density at radius 1 is 1.36 bits per heavy atom. The van der Waals surface area contributed by atoms with E-state index in [2.05, 4.69) is 9.73 Å². The number of hydrogen-bond acceptors (Lipinski definition) is 5. The molecule has 0 aromatic carbocycles. The van der Waals surface area contributed by atoms with Crippen molar-refractivity contribution >= 4 is 17.5 Å². The Bertz CT molecular complexity index is 503. The highest BCUT2D eigenvalue weighted by molar-refractivity contribution is 6.23. The van der Waals surface area contributed by atoms with Gasteiger partial charge in [0.2, 0.25) is 0 Å². The van der Waals surface area contributed by atoms with Crippen LogP contribution in [0.15, 0.2) is 16.3 Å². The maximum absolute atomic E-state index is 12.4. The van der Waals surface area contributed by atoms with Crippen molar-refractivity contribution in [3.05, 3.63) is 11.3 Å². The molecule has 1 atom stereocenters. The minimum atomic E-state index is -0.347. The summed E-state index contributed by atoms with van der Waals surface area (Å²) in [6, 6.07) is 0.0377. The zero-order valence-electron chi connectivity index (χ0n) is 14.2. The lowest BCUT2D eigenvalue weighted by Crippen LogP contribution is -2.30. The number of nitrogens with zero attached hydrogens (tertiary/aromatic N) is 1. The highest BCUT2D eigenvalue weighted by Crippen LogP contribution is 2.36. The maximum Gasteiger partial charge on any atom is 0.305 e. The van der Waals surface area contributed by atoms with Crippen LogP contribution in [-0.2, 0) is 14.3 Å². The van der Waals surface area contributed by atoms with Crippen molar-refractivity contribution in [2.45, 2.75) is 65.8 Å². The number of methoxy groups -OCH3 is 1. The van der Waals surface area contributed by atoms with Crippen LogP contribution in [0.4, 0.5) is 0 Å². The molecular formula is C17H27NO4. The van der Waals surface area contributed by atoms with Crippen LogP contribution in [-0.4, -0.2) is 35.7 Å². The number of esters is 1. The van der Waals surface area contributed by atoms with Gasteiger partial charge in [0.25, 0.3) is 0 Å². The number of hydrogen-bond donors (Lipinski definition) is 1. The molecule has 22 heavy (non-hydrogen) atoms. The summed E-state index contributed by atoms with van der Waals surface area (Å²) in [6.45, 7) is 7.87. The molecule has 1 aliphatic rings. The topological polar surface area (TPSA) is 76.0 Å². The second-order valence-electron chi connectivity index (χ2n) is 6.67. The highest BCUT2D eigenvalue weighted by Gasteiger charge is 2.35. The fourth-order valence-electron chi connectivity index (χ4n) is 2.55. The van der Waals surface area contributed by atoms with Gasteiger partial charge in [-0.25, -0.2) is 0 Å². The smallest absolute Gasteiger partial charge is 0.305 e.